The highest BCUT2D eigenvalue weighted by Crippen LogP contribution is 2.49. The van der Waals surface area contributed by atoms with E-state index < -0.39 is 21.4 Å². The lowest BCUT2D eigenvalue weighted by atomic mass is 9.67. The Morgan fingerprint density at radius 3 is 2.36 bits per heavy atom. The highest BCUT2D eigenvalue weighted by Gasteiger charge is 2.52. The zero-order valence-electron chi connectivity index (χ0n) is 19.8. The molecular formula is C24H35ClN2O5S. The fraction of sp³-hybridized carbons (Fsp3) is 0.667. The molecule has 1 aromatic rings. The van der Waals surface area contributed by atoms with Crippen LogP contribution >= 0.6 is 11.6 Å². The van der Waals surface area contributed by atoms with Crippen LogP contribution in [-0.4, -0.2) is 59.5 Å². The van der Waals surface area contributed by atoms with Gasteiger partial charge in [0.25, 0.3) is 0 Å². The third kappa shape index (κ3) is 5.23. The van der Waals surface area contributed by atoms with E-state index in [1.54, 1.807) is 24.1 Å². The average Bonchev–Trinajstić information content (AvgIpc) is 3.60. The fourth-order valence-corrected chi connectivity index (χ4v) is 7.07. The maximum absolute atomic E-state index is 14.1. The molecule has 1 N–H and O–H groups in total. The van der Waals surface area contributed by atoms with Crippen LogP contribution in [0.3, 0.4) is 0 Å². The van der Waals surface area contributed by atoms with E-state index >= 15 is 0 Å². The summed E-state index contributed by atoms with van der Waals surface area (Å²) in [5.41, 5.74) is -0.0818. The van der Waals surface area contributed by atoms with Crippen molar-refractivity contribution in [2.75, 3.05) is 13.6 Å². The van der Waals surface area contributed by atoms with Crippen LogP contribution in [0.4, 0.5) is 0 Å². The number of sulfonamides is 1. The molecule has 0 radical (unpaired) electrons. The molecule has 1 saturated heterocycles. The van der Waals surface area contributed by atoms with Gasteiger partial charge in [-0.1, -0.05) is 44.5 Å². The van der Waals surface area contributed by atoms with Crippen LogP contribution in [0.5, 0.6) is 0 Å². The van der Waals surface area contributed by atoms with Crippen molar-refractivity contribution in [2.45, 2.75) is 76.6 Å². The van der Waals surface area contributed by atoms with Gasteiger partial charge in [0.05, 0.1) is 23.1 Å². The van der Waals surface area contributed by atoms with Gasteiger partial charge in [0.2, 0.25) is 15.9 Å². The highest BCUT2D eigenvalue weighted by atomic mass is 35.5. The second kappa shape index (κ2) is 9.92. The van der Waals surface area contributed by atoms with Gasteiger partial charge in [-0.05, 0) is 55.7 Å². The summed E-state index contributed by atoms with van der Waals surface area (Å²) >= 11 is 6.10. The number of carboxylic acids is 1. The van der Waals surface area contributed by atoms with E-state index in [0.29, 0.717) is 37.1 Å². The van der Waals surface area contributed by atoms with Crippen LogP contribution in [0.2, 0.25) is 5.02 Å². The number of carbonyl (C=O) groups is 2. The maximum Gasteiger partial charge on any atom is 0.304 e. The SMILES string of the molecule is CC[C@@H](CN(C)S(=O)(=O)C1CC1)N1C(=O)[C@@](CC)(CC(=O)O)C[C@H](C)[C@H]1c1ccc(Cl)cc1. The normalized spacial score (nSPS) is 27.1. The number of piperidine rings is 1. The summed E-state index contributed by atoms with van der Waals surface area (Å²) in [7, 11) is -1.82. The average molecular weight is 499 g/mol. The number of halogens is 1. The Kier molecular flexibility index (Phi) is 7.81. The molecule has 3 rings (SSSR count). The van der Waals surface area contributed by atoms with Crippen molar-refractivity contribution in [3.8, 4) is 0 Å². The maximum atomic E-state index is 14.1. The molecule has 1 aromatic carbocycles. The summed E-state index contributed by atoms with van der Waals surface area (Å²) in [5.74, 6) is -1.21. The number of amides is 1. The molecule has 9 heteroatoms. The zero-order chi connectivity index (χ0) is 24.6. The molecule has 0 spiro atoms. The number of nitrogens with zero attached hydrogens (tertiary/aromatic N) is 2. The number of hydrogen-bond acceptors (Lipinski definition) is 4. The quantitative estimate of drug-likeness (QED) is 0.518. The summed E-state index contributed by atoms with van der Waals surface area (Å²) < 4.78 is 27.0. The molecule has 1 aliphatic carbocycles. The monoisotopic (exact) mass is 498 g/mol. The number of rotatable bonds is 10. The number of hydrogen-bond donors (Lipinski definition) is 1. The minimum absolute atomic E-state index is 0.0115. The largest absolute Gasteiger partial charge is 0.481 e. The smallest absolute Gasteiger partial charge is 0.304 e. The van der Waals surface area contributed by atoms with Gasteiger partial charge in [0.15, 0.2) is 0 Å². The molecule has 4 atom stereocenters. The molecule has 0 unspecified atom stereocenters. The molecular weight excluding hydrogens is 464 g/mol. The van der Waals surface area contributed by atoms with E-state index in [0.717, 1.165) is 5.56 Å². The highest BCUT2D eigenvalue weighted by molar-refractivity contribution is 7.90. The summed E-state index contributed by atoms with van der Waals surface area (Å²) in [5, 5.41) is 9.87. The third-order valence-electron chi connectivity index (χ3n) is 7.33. The Morgan fingerprint density at radius 2 is 1.88 bits per heavy atom. The summed E-state index contributed by atoms with van der Waals surface area (Å²) in [4.78, 5) is 27.6. The summed E-state index contributed by atoms with van der Waals surface area (Å²) in [6.07, 6.45) is 2.55. The van der Waals surface area contributed by atoms with Gasteiger partial charge in [-0.25, -0.2) is 12.7 Å². The van der Waals surface area contributed by atoms with Gasteiger partial charge in [-0.15, -0.1) is 0 Å². The summed E-state index contributed by atoms with van der Waals surface area (Å²) in [6.45, 7) is 6.03. The van der Waals surface area contributed by atoms with E-state index in [2.05, 4.69) is 0 Å². The number of aliphatic carboxylic acids is 1. The van der Waals surface area contributed by atoms with E-state index in [9.17, 15) is 23.1 Å². The van der Waals surface area contributed by atoms with Crippen LogP contribution in [0.25, 0.3) is 0 Å². The predicted octanol–water partition coefficient (Wildman–Crippen LogP) is 4.32. The molecule has 0 aromatic heterocycles. The van der Waals surface area contributed by atoms with Crippen LogP contribution in [0.1, 0.15) is 70.9 Å². The van der Waals surface area contributed by atoms with Crippen molar-refractivity contribution in [3.05, 3.63) is 34.9 Å². The van der Waals surface area contributed by atoms with Gasteiger partial charge < -0.3 is 10.0 Å². The van der Waals surface area contributed by atoms with E-state index in [1.165, 1.54) is 4.31 Å². The van der Waals surface area contributed by atoms with Gasteiger partial charge in [-0.3, -0.25) is 9.59 Å². The Morgan fingerprint density at radius 1 is 1.27 bits per heavy atom. The van der Waals surface area contributed by atoms with Crippen molar-refractivity contribution >= 4 is 33.5 Å². The zero-order valence-corrected chi connectivity index (χ0v) is 21.4. The second-order valence-corrected chi connectivity index (χ2v) is 12.4. The standard InChI is InChI=1S/C24H35ClN2O5S/c1-5-19(15-26(4)33(31,32)20-11-12-20)27-22(17-7-9-18(25)10-8-17)16(3)13-24(6-2,23(27)30)14-21(28)29/h7-10,16,19-20,22H,5-6,11-15H2,1-4H3,(H,28,29)/t16-,19-,22-,24+/m0/s1. The Bertz CT molecular complexity index is 979. The molecule has 2 aliphatic rings. The first-order valence-electron chi connectivity index (χ1n) is 11.7. The van der Waals surface area contributed by atoms with Crippen molar-refractivity contribution < 1.29 is 23.1 Å². The predicted molar refractivity (Wildman–Crippen MR) is 128 cm³/mol. The molecule has 0 bridgehead atoms. The van der Waals surface area contributed by atoms with Crippen LogP contribution in [0.15, 0.2) is 24.3 Å². The Balaban J connectivity index is 2.04. The third-order valence-corrected chi connectivity index (χ3v) is 9.91. The minimum atomic E-state index is -3.40. The van der Waals surface area contributed by atoms with E-state index in [-0.39, 0.29) is 42.1 Å². The molecule has 1 saturated carbocycles. The van der Waals surface area contributed by atoms with Gasteiger partial charge in [-0.2, -0.15) is 0 Å². The van der Waals surface area contributed by atoms with Crippen LogP contribution < -0.4 is 0 Å². The van der Waals surface area contributed by atoms with Gasteiger partial charge in [0.1, 0.15) is 0 Å². The molecule has 184 valence electrons. The number of likely N-dealkylation sites (tertiary alicyclic amines) is 1. The fourth-order valence-electron chi connectivity index (χ4n) is 5.32. The lowest BCUT2D eigenvalue weighted by Crippen LogP contribution is -2.59. The number of carboxylic acid groups (broad SMARTS) is 1. The Labute approximate surface area is 202 Å². The molecule has 7 nitrogen and oxygen atoms in total. The van der Waals surface area contributed by atoms with Crippen molar-refractivity contribution in [2.24, 2.45) is 11.3 Å². The van der Waals surface area contributed by atoms with Crippen molar-refractivity contribution in [1.29, 1.82) is 0 Å². The Hall–Kier alpha value is -1.64. The first-order valence-corrected chi connectivity index (χ1v) is 13.6. The summed E-state index contributed by atoms with van der Waals surface area (Å²) in [6, 6.07) is 6.71. The number of benzene rings is 1. The first-order chi connectivity index (χ1) is 15.5. The minimum Gasteiger partial charge on any atom is -0.481 e. The van der Waals surface area contributed by atoms with Crippen LogP contribution in [-0.2, 0) is 19.6 Å². The van der Waals surface area contributed by atoms with E-state index in [1.807, 2.05) is 32.9 Å². The molecule has 1 aliphatic heterocycles. The molecule has 1 amide bonds. The molecule has 1 heterocycles. The second-order valence-electron chi connectivity index (χ2n) is 9.68. The van der Waals surface area contributed by atoms with E-state index in [4.69, 9.17) is 11.6 Å². The molecule has 33 heavy (non-hydrogen) atoms. The first kappa shape index (κ1) is 26.0. The molecule has 2 fully saturated rings. The van der Waals surface area contributed by atoms with Crippen molar-refractivity contribution in [1.82, 2.24) is 9.21 Å². The number of likely N-dealkylation sites (N-methyl/N-ethyl adjacent to an activating group) is 1. The lowest BCUT2D eigenvalue weighted by Gasteiger charge is -2.52. The topological polar surface area (TPSA) is 95.0 Å². The van der Waals surface area contributed by atoms with Crippen molar-refractivity contribution in [3.63, 3.8) is 0 Å². The van der Waals surface area contributed by atoms with Gasteiger partial charge >= 0.3 is 5.97 Å². The number of carbonyl (C=O) groups excluding carboxylic acids is 1. The lowest BCUT2D eigenvalue weighted by molar-refractivity contribution is -0.164. The van der Waals surface area contributed by atoms with Crippen LogP contribution in [0, 0.1) is 11.3 Å². The van der Waals surface area contributed by atoms with Gasteiger partial charge in [0, 0.05) is 24.7 Å².